The summed E-state index contributed by atoms with van der Waals surface area (Å²) in [7, 11) is -2.03. The lowest BCUT2D eigenvalue weighted by Gasteiger charge is -2.08. The fraction of sp³-hybridized carbons (Fsp3) is 0.583. The monoisotopic (exact) mass is 332 g/mol. The molecule has 0 radical (unpaired) electrons. The van der Waals surface area contributed by atoms with Crippen molar-refractivity contribution in [3.8, 4) is 0 Å². The van der Waals surface area contributed by atoms with Crippen molar-refractivity contribution in [2.24, 2.45) is 0 Å². The minimum atomic E-state index is -3.62. The van der Waals surface area contributed by atoms with Crippen LogP contribution in [-0.2, 0) is 14.8 Å². The van der Waals surface area contributed by atoms with Crippen molar-refractivity contribution in [1.29, 1.82) is 0 Å². The van der Waals surface area contributed by atoms with Crippen LogP contribution in [0.5, 0.6) is 0 Å². The smallest absolute Gasteiger partial charge is 0.260 e. The maximum absolute atomic E-state index is 12.5. The van der Waals surface area contributed by atoms with E-state index in [1.54, 1.807) is 17.7 Å². The maximum Gasteiger partial charge on any atom is 0.260 e. The molecule has 0 amide bonds. The van der Waals surface area contributed by atoms with Gasteiger partial charge < -0.3 is 10.1 Å². The summed E-state index contributed by atoms with van der Waals surface area (Å²) in [5, 5.41) is 5.06. The van der Waals surface area contributed by atoms with Crippen molar-refractivity contribution in [1.82, 2.24) is 14.1 Å². The molecular formula is C12H20N4O3S2. The molecule has 9 heteroatoms. The second-order valence-electron chi connectivity index (χ2n) is 4.49. The summed E-state index contributed by atoms with van der Waals surface area (Å²) in [6, 6.07) is 0. The summed E-state index contributed by atoms with van der Waals surface area (Å²) in [4.78, 5) is 5.01. The number of ether oxygens (including phenoxy) is 1. The van der Waals surface area contributed by atoms with Gasteiger partial charge in [-0.25, -0.2) is 18.1 Å². The lowest BCUT2D eigenvalue weighted by atomic mass is 10.5. The van der Waals surface area contributed by atoms with Gasteiger partial charge in [0.15, 0.2) is 15.8 Å². The Morgan fingerprint density at radius 2 is 2.24 bits per heavy atom. The van der Waals surface area contributed by atoms with Gasteiger partial charge in [-0.3, -0.25) is 4.40 Å². The fourth-order valence-corrected chi connectivity index (χ4v) is 3.97. The van der Waals surface area contributed by atoms with E-state index in [2.05, 4.69) is 15.0 Å². The molecule has 2 aromatic rings. The molecule has 2 heterocycles. The van der Waals surface area contributed by atoms with Gasteiger partial charge in [0.1, 0.15) is 0 Å². The molecule has 0 spiro atoms. The number of rotatable bonds is 9. The second-order valence-corrected chi connectivity index (χ2v) is 7.05. The Kier molecular flexibility index (Phi) is 5.57. The van der Waals surface area contributed by atoms with Gasteiger partial charge in [0.05, 0.1) is 0 Å². The number of sulfonamides is 1. The summed E-state index contributed by atoms with van der Waals surface area (Å²) in [6.45, 7) is 3.55. The van der Waals surface area contributed by atoms with Crippen molar-refractivity contribution in [3.63, 3.8) is 0 Å². The molecule has 0 aliphatic heterocycles. The Hall–Kier alpha value is -1.16. The molecule has 2 N–H and O–H groups in total. The first-order valence-electron chi connectivity index (χ1n) is 6.78. The summed E-state index contributed by atoms with van der Waals surface area (Å²) in [5.41, 5.74) is 0. The number of aromatic nitrogens is 2. The Labute approximate surface area is 128 Å². The Morgan fingerprint density at radius 1 is 1.43 bits per heavy atom. The van der Waals surface area contributed by atoms with Crippen molar-refractivity contribution in [2.45, 2.75) is 24.8 Å². The normalized spacial score (nSPS) is 12.1. The molecule has 118 valence electrons. The molecule has 0 aliphatic carbocycles. The summed E-state index contributed by atoms with van der Waals surface area (Å²) in [6.07, 6.45) is 3.23. The third-order valence-corrected chi connectivity index (χ3v) is 5.07. The number of anilines is 1. The molecule has 0 aromatic carbocycles. The van der Waals surface area contributed by atoms with Gasteiger partial charge in [0, 0.05) is 38.4 Å². The van der Waals surface area contributed by atoms with Crippen LogP contribution in [0.2, 0.25) is 0 Å². The predicted molar refractivity (Wildman–Crippen MR) is 83.5 cm³/mol. The zero-order valence-electron chi connectivity index (χ0n) is 12.1. The first kappa shape index (κ1) is 16.2. The largest absolute Gasteiger partial charge is 0.385 e. The fourth-order valence-electron chi connectivity index (χ4n) is 1.87. The highest BCUT2D eigenvalue weighted by Gasteiger charge is 2.25. The van der Waals surface area contributed by atoms with Crippen LogP contribution in [0.15, 0.2) is 16.6 Å². The van der Waals surface area contributed by atoms with Crippen LogP contribution in [0.1, 0.15) is 19.8 Å². The maximum atomic E-state index is 12.5. The van der Waals surface area contributed by atoms with E-state index in [4.69, 9.17) is 4.74 Å². The number of methoxy groups -OCH3 is 1. The van der Waals surface area contributed by atoms with Crippen molar-refractivity contribution >= 4 is 32.1 Å². The van der Waals surface area contributed by atoms with E-state index in [0.717, 1.165) is 6.42 Å². The van der Waals surface area contributed by atoms with Gasteiger partial charge in [0.2, 0.25) is 0 Å². The van der Waals surface area contributed by atoms with Crippen LogP contribution >= 0.6 is 11.3 Å². The van der Waals surface area contributed by atoms with E-state index in [9.17, 15) is 8.42 Å². The van der Waals surface area contributed by atoms with Crippen molar-refractivity contribution < 1.29 is 13.2 Å². The molecule has 7 nitrogen and oxygen atoms in total. The minimum Gasteiger partial charge on any atom is -0.385 e. The molecule has 0 atom stereocenters. The van der Waals surface area contributed by atoms with Gasteiger partial charge in [0.25, 0.3) is 10.0 Å². The van der Waals surface area contributed by atoms with E-state index in [-0.39, 0.29) is 5.03 Å². The van der Waals surface area contributed by atoms with E-state index in [1.165, 1.54) is 11.3 Å². The average molecular weight is 332 g/mol. The number of imidazole rings is 1. The highest BCUT2D eigenvalue weighted by molar-refractivity contribution is 7.89. The van der Waals surface area contributed by atoms with Gasteiger partial charge >= 0.3 is 0 Å². The number of nitrogens with zero attached hydrogens (tertiary/aromatic N) is 2. The molecule has 0 bridgehead atoms. The van der Waals surface area contributed by atoms with E-state index < -0.39 is 10.0 Å². The third kappa shape index (κ3) is 3.73. The van der Waals surface area contributed by atoms with Crippen LogP contribution in [0, 0.1) is 0 Å². The third-order valence-electron chi connectivity index (χ3n) is 2.83. The Balaban J connectivity index is 2.26. The number of thiazole rings is 1. The molecule has 2 aromatic heterocycles. The Morgan fingerprint density at radius 3 is 2.95 bits per heavy atom. The topological polar surface area (TPSA) is 84.7 Å². The SMILES string of the molecule is CCCNc1nc2sccn2c1S(=O)(=O)NCCCOC. The van der Waals surface area contributed by atoms with Crippen LogP contribution in [0.4, 0.5) is 5.82 Å². The molecule has 0 saturated heterocycles. The standard InChI is InChI=1S/C12H20N4O3S2/c1-3-5-13-10-11(16-7-9-20-12(16)15-10)21(17,18)14-6-4-8-19-2/h7,9,13-14H,3-6,8H2,1-2H3. The van der Waals surface area contributed by atoms with Gasteiger partial charge in [-0.15, -0.1) is 11.3 Å². The number of hydrogen-bond acceptors (Lipinski definition) is 6. The minimum absolute atomic E-state index is 0.171. The highest BCUT2D eigenvalue weighted by atomic mass is 32.2. The van der Waals surface area contributed by atoms with Gasteiger partial charge in [-0.1, -0.05) is 6.92 Å². The highest BCUT2D eigenvalue weighted by Crippen LogP contribution is 2.25. The first-order chi connectivity index (χ1) is 10.1. The second kappa shape index (κ2) is 7.21. The molecular weight excluding hydrogens is 312 g/mol. The summed E-state index contributed by atoms with van der Waals surface area (Å²) in [5.74, 6) is 0.406. The van der Waals surface area contributed by atoms with E-state index in [0.29, 0.717) is 36.9 Å². The van der Waals surface area contributed by atoms with Gasteiger partial charge in [-0.05, 0) is 12.8 Å². The average Bonchev–Trinajstić information content (AvgIpc) is 3.01. The zero-order valence-corrected chi connectivity index (χ0v) is 13.8. The summed E-state index contributed by atoms with van der Waals surface area (Å²) >= 11 is 1.40. The molecule has 0 saturated carbocycles. The molecule has 2 rings (SSSR count). The number of nitrogens with one attached hydrogen (secondary N) is 2. The predicted octanol–water partition coefficient (Wildman–Crippen LogP) is 1.53. The van der Waals surface area contributed by atoms with E-state index in [1.807, 2.05) is 12.3 Å². The molecule has 0 fully saturated rings. The summed E-state index contributed by atoms with van der Waals surface area (Å²) < 4.78 is 34.1. The quantitative estimate of drug-likeness (QED) is 0.680. The van der Waals surface area contributed by atoms with Crippen LogP contribution < -0.4 is 10.0 Å². The van der Waals surface area contributed by atoms with Crippen molar-refractivity contribution in [3.05, 3.63) is 11.6 Å². The van der Waals surface area contributed by atoms with Crippen molar-refractivity contribution in [2.75, 3.05) is 32.1 Å². The van der Waals surface area contributed by atoms with Crippen LogP contribution in [0.3, 0.4) is 0 Å². The zero-order chi connectivity index (χ0) is 15.3. The lowest BCUT2D eigenvalue weighted by Crippen LogP contribution is -2.27. The van der Waals surface area contributed by atoms with Crippen LogP contribution in [-0.4, -0.2) is 44.6 Å². The van der Waals surface area contributed by atoms with Gasteiger partial charge in [-0.2, -0.15) is 0 Å². The molecule has 0 aliphatic rings. The first-order valence-corrected chi connectivity index (χ1v) is 9.14. The number of hydrogen-bond donors (Lipinski definition) is 2. The molecule has 0 unspecified atom stereocenters. The van der Waals surface area contributed by atoms with E-state index >= 15 is 0 Å². The Bertz CT molecular complexity index is 678. The van der Waals surface area contributed by atoms with Crippen LogP contribution in [0.25, 0.3) is 4.96 Å². The molecule has 21 heavy (non-hydrogen) atoms. The number of fused-ring (bicyclic) bond motifs is 1. The lowest BCUT2D eigenvalue weighted by molar-refractivity contribution is 0.196.